The number of aromatic nitrogens is 3. The summed E-state index contributed by atoms with van der Waals surface area (Å²) in [7, 11) is 0. The molecule has 0 saturated carbocycles. The second kappa shape index (κ2) is 4.87. The Kier molecular flexibility index (Phi) is 3.18. The minimum Gasteiger partial charge on any atom is -0.339 e. The lowest BCUT2D eigenvalue weighted by Gasteiger charge is -2.03. The fourth-order valence-corrected chi connectivity index (χ4v) is 3.08. The topological polar surface area (TPSA) is 45.9 Å². The minimum atomic E-state index is 0.628. The summed E-state index contributed by atoms with van der Waals surface area (Å²) in [5.74, 6) is 0.806. The Bertz CT molecular complexity index is 838. The molecule has 20 heavy (non-hydrogen) atoms. The molecule has 0 aliphatic carbocycles. The van der Waals surface area contributed by atoms with Crippen LogP contribution in [0.2, 0.25) is 0 Å². The van der Waals surface area contributed by atoms with Crippen LogP contribution in [0.3, 0.4) is 0 Å². The first-order chi connectivity index (χ1) is 9.60. The minimum absolute atomic E-state index is 0.628. The summed E-state index contributed by atoms with van der Waals surface area (Å²) in [5, 5.41) is 0. The van der Waals surface area contributed by atoms with Crippen molar-refractivity contribution in [2.75, 3.05) is 0 Å². The molecule has 2 aromatic heterocycles. The lowest BCUT2D eigenvalue weighted by atomic mass is 10.2. The van der Waals surface area contributed by atoms with Crippen molar-refractivity contribution >= 4 is 39.3 Å². The van der Waals surface area contributed by atoms with Crippen molar-refractivity contribution in [3.8, 4) is 11.4 Å². The van der Waals surface area contributed by atoms with Crippen molar-refractivity contribution in [3.63, 3.8) is 0 Å². The van der Waals surface area contributed by atoms with Gasteiger partial charge >= 0.3 is 0 Å². The van der Waals surface area contributed by atoms with E-state index in [4.69, 9.17) is 6.57 Å². The maximum Gasteiger partial charge on any atom is 0.189 e. The zero-order valence-electron chi connectivity index (χ0n) is 11.0. The Morgan fingerprint density at radius 1 is 1.30 bits per heavy atom. The summed E-state index contributed by atoms with van der Waals surface area (Å²) < 4.78 is 1.11. The van der Waals surface area contributed by atoms with Crippen LogP contribution in [-0.4, -0.2) is 15.0 Å². The predicted molar refractivity (Wildman–Crippen MR) is 87.8 cm³/mol. The number of imidazole rings is 1. The highest BCUT2D eigenvalue weighted by Crippen LogP contribution is 2.30. The molecule has 98 valence electrons. The molecule has 1 N–H and O–H groups in total. The molecule has 0 fully saturated rings. The molecule has 3 rings (SSSR count). The van der Waals surface area contributed by atoms with E-state index in [1.165, 1.54) is 0 Å². The smallest absolute Gasteiger partial charge is 0.189 e. The standard InChI is InChI=1S/C15H11IN4/c1-8-6-10(17-3)7-12-14(8)20-15(19-12)13-9(2)18-5-4-11(13)16/h4-7H,1-2H3,(H,19,20). The van der Waals surface area contributed by atoms with Crippen molar-refractivity contribution in [1.29, 1.82) is 0 Å². The van der Waals surface area contributed by atoms with E-state index in [9.17, 15) is 0 Å². The highest BCUT2D eigenvalue weighted by molar-refractivity contribution is 14.1. The van der Waals surface area contributed by atoms with Gasteiger partial charge in [0.1, 0.15) is 5.82 Å². The molecule has 0 bridgehead atoms. The number of pyridine rings is 1. The van der Waals surface area contributed by atoms with Crippen LogP contribution in [0.25, 0.3) is 27.3 Å². The zero-order valence-corrected chi connectivity index (χ0v) is 13.2. The largest absolute Gasteiger partial charge is 0.339 e. The Balaban J connectivity index is 2.29. The summed E-state index contributed by atoms with van der Waals surface area (Å²) >= 11 is 2.29. The molecule has 3 aromatic rings. The lowest BCUT2D eigenvalue weighted by Crippen LogP contribution is -1.92. The number of benzene rings is 1. The first-order valence-corrected chi connectivity index (χ1v) is 7.17. The van der Waals surface area contributed by atoms with Gasteiger partial charge in [0.15, 0.2) is 5.69 Å². The number of rotatable bonds is 1. The van der Waals surface area contributed by atoms with Crippen molar-refractivity contribution in [1.82, 2.24) is 15.0 Å². The van der Waals surface area contributed by atoms with Gasteiger partial charge < -0.3 is 4.98 Å². The van der Waals surface area contributed by atoms with Gasteiger partial charge in [-0.05, 0) is 54.1 Å². The van der Waals surface area contributed by atoms with E-state index in [2.05, 4.69) is 42.4 Å². The van der Waals surface area contributed by atoms with Crippen molar-refractivity contribution in [2.45, 2.75) is 13.8 Å². The molecular formula is C15H11IN4. The Hall–Kier alpha value is -1.94. The number of aromatic amines is 1. The molecule has 2 heterocycles. The van der Waals surface area contributed by atoms with E-state index in [0.29, 0.717) is 5.69 Å². The third-order valence-electron chi connectivity index (χ3n) is 3.22. The fourth-order valence-electron chi connectivity index (χ4n) is 2.27. The average Bonchev–Trinajstić information content (AvgIpc) is 2.82. The summed E-state index contributed by atoms with van der Waals surface area (Å²) in [6.07, 6.45) is 1.80. The van der Waals surface area contributed by atoms with Crippen LogP contribution in [0.5, 0.6) is 0 Å². The third-order valence-corrected chi connectivity index (χ3v) is 4.12. The molecule has 0 aliphatic rings. The van der Waals surface area contributed by atoms with Gasteiger partial charge in [0, 0.05) is 15.5 Å². The second-order valence-corrected chi connectivity index (χ2v) is 5.77. The zero-order chi connectivity index (χ0) is 14.3. The van der Waals surface area contributed by atoms with Crippen LogP contribution in [0.1, 0.15) is 11.3 Å². The lowest BCUT2D eigenvalue weighted by molar-refractivity contribution is 1.17. The summed E-state index contributed by atoms with van der Waals surface area (Å²) in [6, 6.07) is 5.67. The van der Waals surface area contributed by atoms with E-state index in [1.54, 1.807) is 6.20 Å². The van der Waals surface area contributed by atoms with Gasteiger partial charge in [0.25, 0.3) is 0 Å². The number of aryl methyl sites for hydroxylation is 2. The quantitative estimate of drug-likeness (QED) is 0.507. The number of hydrogen-bond donors (Lipinski definition) is 1. The van der Waals surface area contributed by atoms with Crippen LogP contribution in [-0.2, 0) is 0 Å². The van der Waals surface area contributed by atoms with Crippen LogP contribution < -0.4 is 0 Å². The molecule has 4 nitrogen and oxygen atoms in total. The number of fused-ring (bicyclic) bond motifs is 1. The first-order valence-electron chi connectivity index (χ1n) is 6.09. The molecule has 0 saturated heterocycles. The summed E-state index contributed by atoms with van der Waals surface area (Å²) in [6.45, 7) is 11.1. The molecule has 1 aromatic carbocycles. The molecule has 0 spiro atoms. The van der Waals surface area contributed by atoms with Gasteiger partial charge in [-0.3, -0.25) is 4.98 Å². The molecule has 0 aliphatic heterocycles. The van der Waals surface area contributed by atoms with Crippen molar-refractivity contribution in [3.05, 3.63) is 50.6 Å². The van der Waals surface area contributed by atoms with Gasteiger partial charge in [-0.25, -0.2) is 9.83 Å². The Morgan fingerprint density at radius 3 is 2.80 bits per heavy atom. The SMILES string of the molecule is [C-]#[N+]c1cc(C)c2nc(-c3c(I)ccnc3C)[nH]c2c1. The van der Waals surface area contributed by atoms with Crippen LogP contribution in [0.4, 0.5) is 5.69 Å². The van der Waals surface area contributed by atoms with Crippen molar-refractivity contribution in [2.24, 2.45) is 0 Å². The van der Waals surface area contributed by atoms with Gasteiger partial charge in [0.2, 0.25) is 0 Å². The van der Waals surface area contributed by atoms with Gasteiger partial charge in [-0.15, -0.1) is 0 Å². The van der Waals surface area contributed by atoms with E-state index in [-0.39, 0.29) is 0 Å². The van der Waals surface area contributed by atoms with Gasteiger partial charge in [0.05, 0.1) is 23.2 Å². The maximum atomic E-state index is 7.13. The average molecular weight is 374 g/mol. The first kappa shape index (κ1) is 13.1. The van der Waals surface area contributed by atoms with Gasteiger partial charge in [-0.2, -0.15) is 0 Å². The molecule has 0 radical (unpaired) electrons. The van der Waals surface area contributed by atoms with E-state index in [1.807, 2.05) is 32.0 Å². The highest BCUT2D eigenvalue weighted by atomic mass is 127. The number of halogens is 1. The third kappa shape index (κ3) is 2.06. The summed E-state index contributed by atoms with van der Waals surface area (Å²) in [4.78, 5) is 15.8. The van der Waals surface area contributed by atoms with Gasteiger partial charge in [-0.1, -0.05) is 6.07 Å². The monoisotopic (exact) mass is 374 g/mol. The van der Waals surface area contributed by atoms with E-state index < -0.39 is 0 Å². The normalized spacial score (nSPS) is 10.7. The Morgan fingerprint density at radius 2 is 2.10 bits per heavy atom. The van der Waals surface area contributed by atoms with E-state index in [0.717, 1.165) is 37.2 Å². The number of nitrogens with one attached hydrogen (secondary N) is 1. The maximum absolute atomic E-state index is 7.13. The second-order valence-electron chi connectivity index (χ2n) is 4.61. The molecular weight excluding hydrogens is 363 g/mol. The van der Waals surface area contributed by atoms with Crippen LogP contribution in [0, 0.1) is 24.0 Å². The Labute approximate surface area is 130 Å². The van der Waals surface area contributed by atoms with Crippen LogP contribution in [0.15, 0.2) is 24.4 Å². The molecule has 0 amide bonds. The van der Waals surface area contributed by atoms with Crippen LogP contribution >= 0.6 is 22.6 Å². The predicted octanol–water partition coefficient (Wildman–Crippen LogP) is 4.40. The van der Waals surface area contributed by atoms with E-state index >= 15 is 0 Å². The molecule has 0 atom stereocenters. The number of nitrogens with zero attached hydrogens (tertiary/aromatic N) is 3. The summed E-state index contributed by atoms with van der Waals surface area (Å²) in [5.41, 5.74) is 5.40. The molecule has 5 heteroatoms. The number of H-pyrrole nitrogens is 1. The fraction of sp³-hybridized carbons (Fsp3) is 0.133. The number of hydrogen-bond acceptors (Lipinski definition) is 2. The van der Waals surface area contributed by atoms with Crippen molar-refractivity contribution < 1.29 is 0 Å². The molecule has 0 unspecified atom stereocenters. The highest BCUT2D eigenvalue weighted by Gasteiger charge is 2.13.